The molecule has 0 spiro atoms. The number of aromatic nitrogens is 2. The SMILES string of the molecule is COC(=O)c1ccc(NC(=O)c2cccc3cn[nH]c23)cc1C. The zero-order valence-electron chi connectivity index (χ0n) is 12.7. The van der Waals surface area contributed by atoms with Gasteiger partial charge in [0, 0.05) is 11.1 Å². The Bertz CT molecular complexity index is 899. The molecule has 0 aliphatic rings. The normalized spacial score (nSPS) is 10.5. The molecule has 0 saturated carbocycles. The van der Waals surface area contributed by atoms with Crippen LogP contribution in [-0.2, 0) is 4.74 Å². The molecule has 23 heavy (non-hydrogen) atoms. The minimum absolute atomic E-state index is 0.245. The Labute approximate surface area is 132 Å². The second-order valence-electron chi connectivity index (χ2n) is 5.12. The van der Waals surface area contributed by atoms with Gasteiger partial charge in [-0.3, -0.25) is 9.89 Å². The number of fused-ring (bicyclic) bond motifs is 1. The molecule has 1 heterocycles. The number of carbonyl (C=O) groups excluding carboxylic acids is 2. The van der Waals surface area contributed by atoms with Crippen LogP contribution in [0.15, 0.2) is 42.6 Å². The molecule has 1 amide bonds. The summed E-state index contributed by atoms with van der Waals surface area (Å²) in [5.74, 6) is -0.646. The summed E-state index contributed by atoms with van der Waals surface area (Å²) in [7, 11) is 1.34. The third-order valence-corrected chi connectivity index (χ3v) is 3.61. The minimum atomic E-state index is -0.400. The molecule has 0 saturated heterocycles. The predicted molar refractivity (Wildman–Crippen MR) is 86.6 cm³/mol. The molecule has 0 radical (unpaired) electrons. The van der Waals surface area contributed by atoms with Crippen molar-refractivity contribution in [3.8, 4) is 0 Å². The number of ether oxygens (including phenoxy) is 1. The summed E-state index contributed by atoms with van der Waals surface area (Å²) in [4.78, 5) is 24.0. The zero-order chi connectivity index (χ0) is 16.4. The van der Waals surface area contributed by atoms with E-state index in [4.69, 9.17) is 4.74 Å². The summed E-state index contributed by atoms with van der Waals surface area (Å²) in [6, 6.07) is 10.4. The van der Waals surface area contributed by atoms with Gasteiger partial charge < -0.3 is 10.1 Å². The maximum Gasteiger partial charge on any atom is 0.338 e. The molecule has 1 aromatic heterocycles. The van der Waals surface area contributed by atoms with Gasteiger partial charge in [-0.1, -0.05) is 12.1 Å². The topological polar surface area (TPSA) is 84.1 Å². The first-order chi connectivity index (χ1) is 11.1. The van der Waals surface area contributed by atoms with Gasteiger partial charge >= 0.3 is 5.97 Å². The fourth-order valence-electron chi connectivity index (χ4n) is 2.44. The summed E-state index contributed by atoms with van der Waals surface area (Å²) >= 11 is 0. The molecule has 0 unspecified atom stereocenters. The molecule has 3 aromatic rings. The van der Waals surface area contributed by atoms with Crippen molar-refractivity contribution >= 4 is 28.5 Å². The highest BCUT2D eigenvalue weighted by Crippen LogP contribution is 2.20. The first kappa shape index (κ1) is 14.8. The summed E-state index contributed by atoms with van der Waals surface area (Å²) in [6.07, 6.45) is 1.67. The molecule has 116 valence electrons. The number of para-hydroxylation sites is 1. The summed E-state index contributed by atoms with van der Waals surface area (Å²) in [5, 5.41) is 10.5. The fourth-order valence-corrected chi connectivity index (χ4v) is 2.44. The zero-order valence-corrected chi connectivity index (χ0v) is 12.7. The van der Waals surface area contributed by atoms with Gasteiger partial charge in [0.1, 0.15) is 0 Å². The van der Waals surface area contributed by atoms with E-state index in [-0.39, 0.29) is 5.91 Å². The van der Waals surface area contributed by atoms with Gasteiger partial charge in [0.15, 0.2) is 0 Å². The molecule has 0 bridgehead atoms. The Balaban J connectivity index is 1.87. The largest absolute Gasteiger partial charge is 0.465 e. The van der Waals surface area contributed by atoms with Crippen molar-refractivity contribution in [2.24, 2.45) is 0 Å². The van der Waals surface area contributed by atoms with Crippen molar-refractivity contribution in [2.75, 3.05) is 12.4 Å². The van der Waals surface area contributed by atoms with Crippen LogP contribution in [-0.4, -0.2) is 29.2 Å². The van der Waals surface area contributed by atoms with Crippen LogP contribution >= 0.6 is 0 Å². The Morgan fingerprint density at radius 1 is 1.17 bits per heavy atom. The minimum Gasteiger partial charge on any atom is -0.465 e. The molecule has 2 aromatic carbocycles. The Morgan fingerprint density at radius 3 is 2.74 bits per heavy atom. The number of hydrogen-bond acceptors (Lipinski definition) is 4. The van der Waals surface area contributed by atoms with Gasteiger partial charge in [-0.25, -0.2) is 4.79 Å². The van der Waals surface area contributed by atoms with E-state index in [1.165, 1.54) is 7.11 Å². The van der Waals surface area contributed by atoms with Crippen molar-refractivity contribution in [2.45, 2.75) is 6.92 Å². The number of aromatic amines is 1. The molecule has 0 aliphatic heterocycles. The van der Waals surface area contributed by atoms with Gasteiger partial charge in [0.25, 0.3) is 5.91 Å². The molecular formula is C17H15N3O3. The number of anilines is 1. The van der Waals surface area contributed by atoms with Gasteiger partial charge in [0.05, 0.1) is 30.0 Å². The maximum absolute atomic E-state index is 12.5. The highest BCUT2D eigenvalue weighted by atomic mass is 16.5. The van der Waals surface area contributed by atoms with Gasteiger partial charge in [0.2, 0.25) is 0 Å². The van der Waals surface area contributed by atoms with E-state index >= 15 is 0 Å². The number of aryl methyl sites for hydroxylation is 1. The molecule has 2 N–H and O–H groups in total. The first-order valence-electron chi connectivity index (χ1n) is 7.02. The van der Waals surface area contributed by atoms with Crippen molar-refractivity contribution < 1.29 is 14.3 Å². The Morgan fingerprint density at radius 2 is 2.00 bits per heavy atom. The number of hydrogen-bond donors (Lipinski definition) is 2. The number of esters is 1. The Kier molecular flexibility index (Phi) is 3.80. The first-order valence-corrected chi connectivity index (χ1v) is 7.02. The molecule has 0 aliphatic carbocycles. The second kappa shape index (κ2) is 5.92. The van der Waals surface area contributed by atoms with E-state index in [1.807, 2.05) is 6.07 Å². The van der Waals surface area contributed by atoms with E-state index in [2.05, 4.69) is 15.5 Å². The number of carbonyl (C=O) groups is 2. The number of rotatable bonds is 3. The Hall–Kier alpha value is -3.15. The van der Waals surface area contributed by atoms with Crippen LogP contribution in [0.25, 0.3) is 10.9 Å². The number of H-pyrrole nitrogens is 1. The highest BCUT2D eigenvalue weighted by Gasteiger charge is 2.13. The summed E-state index contributed by atoms with van der Waals surface area (Å²) in [6.45, 7) is 1.79. The molecule has 0 fully saturated rings. The fraction of sp³-hybridized carbons (Fsp3) is 0.118. The second-order valence-corrected chi connectivity index (χ2v) is 5.12. The average Bonchev–Trinajstić information content (AvgIpc) is 3.02. The third kappa shape index (κ3) is 2.78. The van der Waals surface area contributed by atoms with Crippen molar-refractivity contribution in [1.29, 1.82) is 0 Å². The number of nitrogens with zero attached hydrogens (tertiary/aromatic N) is 1. The smallest absolute Gasteiger partial charge is 0.338 e. The molecular weight excluding hydrogens is 294 g/mol. The van der Waals surface area contributed by atoms with Gasteiger partial charge in [-0.2, -0.15) is 5.10 Å². The van der Waals surface area contributed by atoms with Crippen LogP contribution in [0.5, 0.6) is 0 Å². The standard InChI is InChI=1S/C17H15N3O3/c1-10-8-12(6-7-13(10)17(22)23-2)19-16(21)14-5-3-4-11-9-18-20-15(11)14/h3-9H,1-2H3,(H,18,20)(H,19,21). The molecule has 0 atom stereocenters. The quantitative estimate of drug-likeness (QED) is 0.729. The summed E-state index contributed by atoms with van der Waals surface area (Å²) < 4.78 is 4.71. The lowest BCUT2D eigenvalue weighted by atomic mass is 10.1. The van der Waals surface area contributed by atoms with Crippen LogP contribution in [0.3, 0.4) is 0 Å². The van der Waals surface area contributed by atoms with E-state index in [9.17, 15) is 9.59 Å². The number of methoxy groups -OCH3 is 1. The van der Waals surface area contributed by atoms with Gasteiger partial charge in [-0.15, -0.1) is 0 Å². The summed E-state index contributed by atoms with van der Waals surface area (Å²) in [5.41, 5.74) is 3.01. The average molecular weight is 309 g/mol. The lowest BCUT2D eigenvalue weighted by Gasteiger charge is -2.09. The van der Waals surface area contributed by atoms with E-state index in [1.54, 1.807) is 43.5 Å². The van der Waals surface area contributed by atoms with Crippen molar-refractivity contribution in [3.63, 3.8) is 0 Å². The predicted octanol–water partition coefficient (Wildman–Crippen LogP) is 2.91. The number of benzene rings is 2. The highest BCUT2D eigenvalue weighted by molar-refractivity contribution is 6.11. The van der Waals surface area contributed by atoms with E-state index in [0.717, 1.165) is 10.9 Å². The van der Waals surface area contributed by atoms with Crippen LogP contribution in [0, 0.1) is 6.92 Å². The van der Waals surface area contributed by atoms with Crippen LogP contribution in [0.4, 0.5) is 5.69 Å². The maximum atomic E-state index is 12.5. The number of nitrogens with one attached hydrogen (secondary N) is 2. The van der Waals surface area contributed by atoms with Crippen LogP contribution in [0.1, 0.15) is 26.3 Å². The molecule has 6 heteroatoms. The van der Waals surface area contributed by atoms with E-state index in [0.29, 0.717) is 22.3 Å². The monoisotopic (exact) mass is 309 g/mol. The lowest BCUT2D eigenvalue weighted by Crippen LogP contribution is -2.13. The van der Waals surface area contributed by atoms with Crippen molar-refractivity contribution in [1.82, 2.24) is 10.2 Å². The van der Waals surface area contributed by atoms with E-state index < -0.39 is 5.97 Å². The molecule has 6 nitrogen and oxygen atoms in total. The van der Waals surface area contributed by atoms with Gasteiger partial charge in [-0.05, 0) is 36.8 Å². The third-order valence-electron chi connectivity index (χ3n) is 3.61. The van der Waals surface area contributed by atoms with Crippen LogP contribution < -0.4 is 5.32 Å². The molecule has 3 rings (SSSR count). The lowest BCUT2D eigenvalue weighted by molar-refractivity contribution is 0.0600. The van der Waals surface area contributed by atoms with Crippen LogP contribution in [0.2, 0.25) is 0 Å². The number of amides is 1. The van der Waals surface area contributed by atoms with Crippen molar-refractivity contribution in [3.05, 3.63) is 59.3 Å².